The summed E-state index contributed by atoms with van der Waals surface area (Å²) in [5.74, 6) is -0.194. The number of hydrogen-bond donors (Lipinski definition) is 2. The van der Waals surface area contributed by atoms with Crippen LogP contribution in [0.25, 0.3) is 27.9 Å². The summed E-state index contributed by atoms with van der Waals surface area (Å²) < 4.78 is 1.78. The van der Waals surface area contributed by atoms with Crippen LogP contribution < -0.4 is 5.11 Å². The van der Waals surface area contributed by atoms with Gasteiger partial charge in [-0.15, -0.1) is 15.3 Å². The van der Waals surface area contributed by atoms with Gasteiger partial charge in [-0.25, -0.2) is 4.52 Å². The van der Waals surface area contributed by atoms with Gasteiger partial charge >= 0.3 is 0 Å². The van der Waals surface area contributed by atoms with Gasteiger partial charge in [-0.2, -0.15) is 5.11 Å². The van der Waals surface area contributed by atoms with Crippen LogP contribution in [0.15, 0.2) is 77.1 Å². The highest BCUT2D eigenvalue weighted by Gasteiger charge is 2.16. The largest absolute Gasteiger partial charge is 0.554 e. The maximum atomic E-state index is 9.00. The molecule has 0 radical (unpaired) electrons. The number of aliphatic carboxylic acids is 1. The van der Waals surface area contributed by atoms with Crippen LogP contribution in [0.5, 0.6) is 0 Å². The van der Waals surface area contributed by atoms with E-state index in [4.69, 9.17) is 19.8 Å². The van der Waals surface area contributed by atoms with Crippen LogP contribution in [0.2, 0.25) is 0 Å². The molecule has 0 atom stereocenters. The Balaban J connectivity index is 0.000000413. The van der Waals surface area contributed by atoms with Crippen molar-refractivity contribution >= 4 is 40.2 Å². The summed E-state index contributed by atoms with van der Waals surface area (Å²) in [7, 11) is 0. The lowest BCUT2D eigenvalue weighted by atomic mass is 10.1. The molecule has 0 bridgehead atoms. The number of aromatic nitrogens is 5. The molecule has 0 spiro atoms. The Morgan fingerprint density at radius 2 is 1.74 bits per heavy atom. The molecule has 0 amide bonds. The van der Waals surface area contributed by atoms with Crippen molar-refractivity contribution in [3.63, 3.8) is 0 Å². The maximum Gasteiger partial charge on any atom is 0.300 e. The minimum atomic E-state index is -0.833. The third kappa shape index (κ3) is 5.65. The second-order valence-corrected chi connectivity index (χ2v) is 6.83. The molecule has 0 aliphatic heterocycles. The maximum absolute atomic E-state index is 9.00. The molecule has 0 fully saturated rings. The Labute approximate surface area is 193 Å². The molecule has 0 aliphatic rings. The van der Waals surface area contributed by atoms with E-state index in [0.29, 0.717) is 17.2 Å². The number of H-pyrrole nitrogens is 1. The molecule has 0 saturated heterocycles. The number of carboxylic acids is 1. The third-order valence-corrected chi connectivity index (χ3v) is 4.40. The zero-order valence-electron chi connectivity index (χ0n) is 18.3. The number of aromatic amines is 1. The number of fused-ring (bicyclic) bond motifs is 2. The second-order valence-electron chi connectivity index (χ2n) is 6.83. The van der Waals surface area contributed by atoms with Crippen LogP contribution in [0.3, 0.4) is 0 Å². The minimum absolute atomic E-state index is 0.500. The number of nitrogens with one attached hydrogen (secondary N) is 1. The van der Waals surface area contributed by atoms with Gasteiger partial charge < -0.3 is 15.0 Å². The number of hydrogen-bond acceptors (Lipinski definition) is 8. The molecule has 2 aromatic carbocycles. The average molecular weight is 458 g/mol. The lowest BCUT2D eigenvalue weighted by Gasteiger charge is -1.97. The summed E-state index contributed by atoms with van der Waals surface area (Å²) in [6.45, 7) is 2.52. The second kappa shape index (κ2) is 11.1. The van der Waals surface area contributed by atoms with Crippen molar-refractivity contribution in [2.45, 2.75) is 13.8 Å². The van der Waals surface area contributed by atoms with Crippen molar-refractivity contribution < 1.29 is 19.8 Å². The Bertz CT molecular complexity index is 1440. The first-order chi connectivity index (χ1) is 16.4. The number of pyridine rings is 1. The zero-order chi connectivity index (χ0) is 24.5. The van der Waals surface area contributed by atoms with E-state index in [1.54, 1.807) is 10.7 Å². The predicted molar refractivity (Wildman–Crippen MR) is 123 cm³/mol. The first-order valence-electron chi connectivity index (χ1n) is 9.95. The molecule has 0 aliphatic carbocycles. The molecule has 5 aromatic rings. The fourth-order valence-corrected chi connectivity index (χ4v) is 3.06. The fraction of sp³-hybridized carbons (Fsp3) is 0.0870. The van der Waals surface area contributed by atoms with E-state index in [1.165, 1.54) is 5.39 Å². The summed E-state index contributed by atoms with van der Waals surface area (Å²) >= 11 is 0. The fourth-order valence-electron chi connectivity index (χ4n) is 3.06. The Kier molecular flexibility index (Phi) is 7.74. The van der Waals surface area contributed by atoms with E-state index in [2.05, 4.69) is 42.6 Å². The standard InChI is InChI=1S/C20H15N7.C2H4O2.CH2O2/c1-13-18(23-22-16-10-9-14-6-2-3-7-15(14)12-16)20-25-24-19(27(20)26-13)17-8-4-5-11-21-17;1-2(3)4;2-1-3/h2-12,26H,1H3;1H3,(H,3,4);1H,(H,2,3)/p-1. The Morgan fingerprint density at radius 1 is 1.06 bits per heavy atom. The van der Waals surface area contributed by atoms with Crippen molar-refractivity contribution in [2.24, 2.45) is 10.2 Å². The Morgan fingerprint density at radius 3 is 2.41 bits per heavy atom. The molecule has 3 heterocycles. The lowest BCUT2D eigenvalue weighted by molar-refractivity contribution is -0.283. The van der Waals surface area contributed by atoms with Gasteiger partial charge in [-0.1, -0.05) is 36.4 Å². The molecule has 2 N–H and O–H groups in total. The number of carbonyl (C=O) groups excluding carboxylic acids is 1. The number of carbonyl (C=O) groups is 2. The van der Waals surface area contributed by atoms with Crippen molar-refractivity contribution in [1.29, 1.82) is 0 Å². The summed E-state index contributed by atoms with van der Waals surface area (Å²) in [4.78, 5) is 21.6. The van der Waals surface area contributed by atoms with Crippen molar-refractivity contribution in [2.75, 3.05) is 0 Å². The van der Waals surface area contributed by atoms with Crippen LogP contribution in [-0.4, -0.2) is 42.3 Å². The van der Waals surface area contributed by atoms with E-state index in [1.807, 2.05) is 55.5 Å². The molecular weight excluding hydrogens is 438 g/mol. The average Bonchev–Trinajstić information content (AvgIpc) is 3.36. The van der Waals surface area contributed by atoms with Gasteiger partial charge in [0.05, 0.1) is 11.4 Å². The molecule has 34 heavy (non-hydrogen) atoms. The minimum Gasteiger partial charge on any atom is -0.554 e. The van der Waals surface area contributed by atoms with E-state index in [-0.39, 0.29) is 0 Å². The van der Waals surface area contributed by atoms with Gasteiger partial charge in [-0.05, 0) is 42.0 Å². The van der Waals surface area contributed by atoms with Crippen LogP contribution >= 0.6 is 0 Å². The first kappa shape index (κ1) is 23.7. The van der Waals surface area contributed by atoms with Crippen molar-refractivity contribution in [3.8, 4) is 11.5 Å². The topological polar surface area (TPSA) is 161 Å². The number of azo groups is 1. The highest BCUT2D eigenvalue weighted by Crippen LogP contribution is 2.29. The molecule has 11 nitrogen and oxygen atoms in total. The number of nitrogens with zero attached hydrogens (tertiary/aromatic N) is 6. The summed E-state index contributed by atoms with van der Waals surface area (Å²) in [6, 6.07) is 19.9. The van der Waals surface area contributed by atoms with Crippen LogP contribution in [-0.2, 0) is 9.59 Å². The number of rotatable bonds is 3. The summed E-state index contributed by atoms with van der Waals surface area (Å²) in [5, 5.41) is 38.5. The SMILES string of the molecule is CC(=O)O.Cc1[nH]n2c(-c3ccccn3)nnc2c1N=Nc1ccc2ccccc2c1.O=C[O-]. The summed E-state index contributed by atoms with van der Waals surface area (Å²) in [5.41, 5.74) is 3.68. The molecule has 5 rings (SSSR count). The van der Waals surface area contributed by atoms with Crippen molar-refractivity contribution in [3.05, 3.63) is 72.6 Å². The van der Waals surface area contributed by atoms with Gasteiger partial charge in [0.15, 0.2) is 5.69 Å². The van der Waals surface area contributed by atoms with Gasteiger partial charge in [0, 0.05) is 19.6 Å². The number of aryl methyl sites for hydroxylation is 1. The van der Waals surface area contributed by atoms with Gasteiger partial charge in [0.2, 0.25) is 11.5 Å². The molecular formula is C23H20N7O4-. The highest BCUT2D eigenvalue weighted by atomic mass is 16.4. The zero-order valence-corrected chi connectivity index (χ0v) is 18.3. The summed E-state index contributed by atoms with van der Waals surface area (Å²) in [6.07, 6.45) is 1.73. The molecule has 11 heteroatoms. The van der Waals surface area contributed by atoms with E-state index in [0.717, 1.165) is 29.4 Å². The molecule has 0 unspecified atom stereocenters. The van der Waals surface area contributed by atoms with Gasteiger partial charge in [0.25, 0.3) is 5.97 Å². The quantitative estimate of drug-likeness (QED) is 0.309. The van der Waals surface area contributed by atoms with Crippen LogP contribution in [0.1, 0.15) is 12.6 Å². The van der Waals surface area contributed by atoms with Crippen molar-refractivity contribution in [1.82, 2.24) is 24.8 Å². The number of carboxylic acid groups (broad SMARTS) is 2. The molecule has 0 saturated carbocycles. The van der Waals surface area contributed by atoms with E-state index >= 15 is 0 Å². The first-order valence-corrected chi connectivity index (χ1v) is 9.95. The molecule has 172 valence electrons. The van der Waals surface area contributed by atoms with Crippen LogP contribution in [0, 0.1) is 6.92 Å². The highest BCUT2D eigenvalue weighted by molar-refractivity contribution is 5.85. The van der Waals surface area contributed by atoms with Crippen LogP contribution in [0.4, 0.5) is 11.4 Å². The monoisotopic (exact) mass is 458 g/mol. The third-order valence-electron chi connectivity index (χ3n) is 4.40. The Hall–Kier alpha value is -4.93. The predicted octanol–water partition coefficient (Wildman–Crippen LogP) is 3.45. The van der Waals surface area contributed by atoms with E-state index < -0.39 is 12.4 Å². The van der Waals surface area contributed by atoms with Gasteiger partial charge in [-0.3, -0.25) is 14.9 Å². The smallest absolute Gasteiger partial charge is 0.300 e. The van der Waals surface area contributed by atoms with E-state index in [9.17, 15) is 0 Å². The van der Waals surface area contributed by atoms with Gasteiger partial charge in [0.1, 0.15) is 5.69 Å². The number of benzene rings is 2. The normalized spacial score (nSPS) is 10.4. The lowest BCUT2D eigenvalue weighted by Crippen LogP contribution is -2.01. The molecule has 3 aromatic heterocycles.